The molecular formula is C38H59NO2. The molecule has 4 saturated carbocycles. The number of hydrogen-bond acceptors (Lipinski definition) is 3. The van der Waals surface area contributed by atoms with Crippen LogP contribution in [0.15, 0.2) is 43.0 Å². The van der Waals surface area contributed by atoms with E-state index in [2.05, 4.69) is 52.5 Å². The standard InChI is InChI=1S/C33H47NO2.C3H6.C2H6/c1-30(2)24(21-8-10-22(11-9-21)29(35)36-5)14-18-32(4)27(30)16-19-31(3)25-15-20-33(34)17-6-7-26(33)23(25)12-13-28(31)32;1-3-2;1-2/h8-11,14,23,25-28H,6-7,12-13,15-20,34H2,1-5H3;3H,1H2,2H3;1-2H3. The molecule has 5 aliphatic carbocycles. The van der Waals surface area contributed by atoms with Crippen LogP contribution in [0, 0.1) is 45.8 Å². The topological polar surface area (TPSA) is 52.3 Å². The van der Waals surface area contributed by atoms with Gasteiger partial charge >= 0.3 is 5.97 Å². The van der Waals surface area contributed by atoms with Gasteiger partial charge in [-0.1, -0.05) is 72.2 Å². The molecule has 3 nitrogen and oxygen atoms in total. The summed E-state index contributed by atoms with van der Waals surface area (Å²) >= 11 is 0. The van der Waals surface area contributed by atoms with E-state index in [1.54, 1.807) is 6.08 Å². The molecule has 1 aromatic rings. The van der Waals surface area contributed by atoms with Crippen LogP contribution in [0.4, 0.5) is 0 Å². The SMILES string of the molecule is C=CC.CC.COC(=O)c1ccc(C2=CCC3(C)C(CCC4(C)C5CCC6(N)CCCC6C5CCC43)C2(C)C)cc1. The van der Waals surface area contributed by atoms with Gasteiger partial charge in [0.15, 0.2) is 0 Å². The molecule has 0 aromatic heterocycles. The number of methoxy groups -OCH3 is 1. The van der Waals surface area contributed by atoms with Crippen molar-refractivity contribution in [3.05, 3.63) is 54.1 Å². The van der Waals surface area contributed by atoms with Crippen molar-refractivity contribution in [2.24, 2.45) is 51.6 Å². The minimum atomic E-state index is -0.264. The summed E-state index contributed by atoms with van der Waals surface area (Å²) in [5, 5.41) is 0. The second-order valence-corrected chi connectivity index (χ2v) is 14.8. The molecule has 8 atom stereocenters. The van der Waals surface area contributed by atoms with Crippen LogP contribution < -0.4 is 5.73 Å². The Morgan fingerprint density at radius 2 is 1.56 bits per heavy atom. The lowest BCUT2D eigenvalue weighted by Gasteiger charge is -2.68. The Hall–Kier alpha value is -1.87. The maximum absolute atomic E-state index is 12.0. The maximum Gasteiger partial charge on any atom is 0.337 e. The van der Waals surface area contributed by atoms with Gasteiger partial charge in [0.05, 0.1) is 12.7 Å². The lowest BCUT2D eigenvalue weighted by atomic mass is 9.37. The van der Waals surface area contributed by atoms with Crippen molar-refractivity contribution in [1.82, 2.24) is 0 Å². The van der Waals surface area contributed by atoms with E-state index in [9.17, 15) is 4.79 Å². The van der Waals surface area contributed by atoms with E-state index >= 15 is 0 Å². The van der Waals surface area contributed by atoms with E-state index in [-0.39, 0.29) is 16.9 Å². The molecule has 5 aliphatic rings. The second kappa shape index (κ2) is 12.0. The Balaban J connectivity index is 0.000000728. The van der Waals surface area contributed by atoms with Crippen LogP contribution in [-0.4, -0.2) is 18.6 Å². The molecule has 2 N–H and O–H groups in total. The van der Waals surface area contributed by atoms with Crippen LogP contribution in [-0.2, 0) is 4.74 Å². The molecule has 0 heterocycles. The summed E-state index contributed by atoms with van der Waals surface area (Å²) in [6.45, 7) is 19.6. The highest BCUT2D eigenvalue weighted by Gasteiger charge is 2.65. The maximum atomic E-state index is 12.0. The molecule has 0 aliphatic heterocycles. The summed E-state index contributed by atoms with van der Waals surface area (Å²) in [5.41, 5.74) is 11.5. The number of nitrogens with two attached hydrogens (primary N) is 1. The third kappa shape index (κ3) is 5.17. The van der Waals surface area contributed by atoms with Crippen molar-refractivity contribution < 1.29 is 9.53 Å². The number of carbonyl (C=O) groups is 1. The van der Waals surface area contributed by atoms with Crippen LogP contribution in [0.2, 0.25) is 0 Å². The van der Waals surface area contributed by atoms with Crippen LogP contribution in [0.25, 0.3) is 5.57 Å². The quantitative estimate of drug-likeness (QED) is 0.289. The highest BCUT2D eigenvalue weighted by Crippen LogP contribution is 2.72. The number of rotatable bonds is 2. The average Bonchev–Trinajstić information content (AvgIpc) is 3.36. The molecule has 6 rings (SSSR count). The van der Waals surface area contributed by atoms with E-state index in [0.717, 1.165) is 23.7 Å². The molecule has 8 unspecified atom stereocenters. The lowest BCUT2D eigenvalue weighted by Crippen LogP contribution is -2.62. The zero-order valence-corrected chi connectivity index (χ0v) is 27.5. The van der Waals surface area contributed by atoms with Gasteiger partial charge in [-0.2, -0.15) is 0 Å². The van der Waals surface area contributed by atoms with Gasteiger partial charge in [-0.3, -0.25) is 0 Å². The van der Waals surface area contributed by atoms with Gasteiger partial charge in [0.1, 0.15) is 0 Å². The molecule has 1 aromatic carbocycles. The highest BCUT2D eigenvalue weighted by molar-refractivity contribution is 5.89. The van der Waals surface area contributed by atoms with E-state index in [1.165, 1.54) is 82.5 Å². The zero-order chi connectivity index (χ0) is 30.2. The highest BCUT2D eigenvalue weighted by atomic mass is 16.5. The van der Waals surface area contributed by atoms with Gasteiger partial charge in [0.25, 0.3) is 0 Å². The van der Waals surface area contributed by atoms with Crippen LogP contribution in [0.5, 0.6) is 0 Å². The number of benzene rings is 1. The fourth-order valence-electron chi connectivity index (χ4n) is 11.3. The predicted molar refractivity (Wildman–Crippen MR) is 174 cm³/mol. The minimum absolute atomic E-state index is 0.113. The van der Waals surface area contributed by atoms with Gasteiger partial charge in [0.2, 0.25) is 0 Å². The summed E-state index contributed by atoms with van der Waals surface area (Å²) in [4.78, 5) is 12.0. The van der Waals surface area contributed by atoms with E-state index < -0.39 is 0 Å². The summed E-state index contributed by atoms with van der Waals surface area (Å²) in [6, 6.07) is 8.11. The van der Waals surface area contributed by atoms with E-state index in [4.69, 9.17) is 10.5 Å². The minimum Gasteiger partial charge on any atom is -0.465 e. The molecule has 0 spiro atoms. The summed E-state index contributed by atoms with van der Waals surface area (Å²) in [5.74, 6) is 3.73. The predicted octanol–water partition coefficient (Wildman–Crippen LogP) is 9.86. The number of fused-ring (bicyclic) bond motifs is 7. The van der Waals surface area contributed by atoms with Gasteiger partial charge in [-0.05, 0) is 134 Å². The summed E-state index contributed by atoms with van der Waals surface area (Å²) in [6.07, 6.45) is 17.6. The molecule has 228 valence electrons. The van der Waals surface area contributed by atoms with E-state index in [1.807, 2.05) is 32.9 Å². The van der Waals surface area contributed by atoms with Crippen LogP contribution >= 0.6 is 0 Å². The van der Waals surface area contributed by atoms with Crippen molar-refractivity contribution in [1.29, 1.82) is 0 Å². The molecule has 4 fully saturated rings. The van der Waals surface area contributed by atoms with Gasteiger partial charge < -0.3 is 10.5 Å². The third-order valence-electron chi connectivity index (χ3n) is 12.8. The zero-order valence-electron chi connectivity index (χ0n) is 27.5. The van der Waals surface area contributed by atoms with Crippen molar-refractivity contribution >= 4 is 11.5 Å². The fourth-order valence-corrected chi connectivity index (χ4v) is 11.3. The van der Waals surface area contributed by atoms with E-state index in [0.29, 0.717) is 22.3 Å². The number of esters is 1. The third-order valence-corrected chi connectivity index (χ3v) is 12.8. The summed E-state index contributed by atoms with van der Waals surface area (Å²) in [7, 11) is 1.45. The first-order valence-electron chi connectivity index (χ1n) is 16.7. The molecular weight excluding hydrogens is 502 g/mol. The number of carbonyl (C=O) groups excluding carboxylic acids is 1. The largest absolute Gasteiger partial charge is 0.465 e. The Morgan fingerprint density at radius 1 is 0.902 bits per heavy atom. The molecule has 0 radical (unpaired) electrons. The number of allylic oxidation sites excluding steroid dienone is 3. The van der Waals surface area contributed by atoms with Crippen molar-refractivity contribution in [3.63, 3.8) is 0 Å². The van der Waals surface area contributed by atoms with Crippen molar-refractivity contribution in [2.45, 2.75) is 118 Å². The van der Waals surface area contributed by atoms with Crippen molar-refractivity contribution in [3.8, 4) is 0 Å². The molecule has 0 saturated heterocycles. The van der Waals surface area contributed by atoms with Gasteiger partial charge in [-0.25, -0.2) is 4.79 Å². The fraction of sp³-hybridized carbons (Fsp3) is 0.711. The first kappa shape index (κ1) is 32.1. The monoisotopic (exact) mass is 561 g/mol. The number of hydrogen-bond donors (Lipinski definition) is 1. The van der Waals surface area contributed by atoms with Gasteiger partial charge in [0, 0.05) is 5.54 Å². The Morgan fingerprint density at radius 3 is 2.20 bits per heavy atom. The number of ether oxygens (including phenoxy) is 1. The second-order valence-electron chi connectivity index (χ2n) is 14.8. The van der Waals surface area contributed by atoms with Gasteiger partial charge in [-0.15, -0.1) is 6.58 Å². The van der Waals surface area contributed by atoms with Crippen LogP contribution in [0.1, 0.15) is 129 Å². The molecule has 3 heteroatoms. The molecule has 41 heavy (non-hydrogen) atoms. The van der Waals surface area contributed by atoms with Crippen molar-refractivity contribution in [2.75, 3.05) is 7.11 Å². The summed E-state index contributed by atoms with van der Waals surface area (Å²) < 4.78 is 4.91. The first-order chi connectivity index (χ1) is 19.5. The molecule has 0 bridgehead atoms. The Labute approximate surface area is 251 Å². The Bertz CT molecular complexity index is 1120. The Kier molecular flexibility index (Phi) is 9.40. The average molecular weight is 562 g/mol. The lowest BCUT2D eigenvalue weighted by molar-refractivity contribution is -0.170. The normalized spacial score (nSPS) is 39.9. The molecule has 0 amide bonds. The van der Waals surface area contributed by atoms with Crippen LogP contribution in [0.3, 0.4) is 0 Å². The first-order valence-corrected chi connectivity index (χ1v) is 16.7. The smallest absolute Gasteiger partial charge is 0.337 e.